The molecule has 21 heavy (non-hydrogen) atoms. The number of benzene rings is 2. The van der Waals surface area contributed by atoms with Gasteiger partial charge in [-0.3, -0.25) is 9.59 Å². The molecule has 1 unspecified atom stereocenters. The summed E-state index contributed by atoms with van der Waals surface area (Å²) in [6, 6.07) is 14.3. The van der Waals surface area contributed by atoms with Crippen LogP contribution in [-0.4, -0.2) is 17.7 Å². The van der Waals surface area contributed by atoms with Crippen molar-refractivity contribution in [2.75, 3.05) is 0 Å². The van der Waals surface area contributed by atoms with Gasteiger partial charge in [0.1, 0.15) is 5.75 Å². The number of carbonyl (C=O) groups excluding carboxylic acids is 2. The summed E-state index contributed by atoms with van der Waals surface area (Å²) in [4.78, 5) is 23.6. The van der Waals surface area contributed by atoms with Gasteiger partial charge in [0.15, 0.2) is 11.9 Å². The number of aryl methyl sites for hydroxylation is 1. The van der Waals surface area contributed by atoms with Crippen molar-refractivity contribution in [2.45, 2.75) is 26.9 Å². The number of rotatable bonds is 5. The van der Waals surface area contributed by atoms with Crippen molar-refractivity contribution < 1.29 is 14.3 Å². The van der Waals surface area contributed by atoms with Crippen LogP contribution in [0, 0.1) is 6.92 Å². The summed E-state index contributed by atoms with van der Waals surface area (Å²) in [7, 11) is 0. The second-order valence-electron chi connectivity index (χ2n) is 5.07. The first-order valence-electron chi connectivity index (χ1n) is 6.86. The minimum absolute atomic E-state index is 0.0297. The average molecular weight is 282 g/mol. The van der Waals surface area contributed by atoms with Gasteiger partial charge in [0.05, 0.1) is 0 Å². The molecule has 108 valence electrons. The van der Waals surface area contributed by atoms with Crippen molar-refractivity contribution in [2.24, 2.45) is 0 Å². The molecule has 1 atom stereocenters. The van der Waals surface area contributed by atoms with Crippen molar-refractivity contribution in [1.82, 2.24) is 0 Å². The lowest BCUT2D eigenvalue weighted by Gasteiger charge is -2.14. The Balaban J connectivity index is 2.12. The minimum atomic E-state index is -0.602. The molecule has 0 fully saturated rings. The smallest absolute Gasteiger partial charge is 0.202 e. The molecule has 0 aromatic heterocycles. The van der Waals surface area contributed by atoms with E-state index in [0.29, 0.717) is 16.9 Å². The fourth-order valence-electron chi connectivity index (χ4n) is 2.00. The Morgan fingerprint density at radius 1 is 1.00 bits per heavy atom. The van der Waals surface area contributed by atoms with E-state index < -0.39 is 6.10 Å². The molecule has 0 spiro atoms. The van der Waals surface area contributed by atoms with Gasteiger partial charge in [0.2, 0.25) is 5.78 Å². The predicted molar refractivity (Wildman–Crippen MR) is 82.0 cm³/mol. The van der Waals surface area contributed by atoms with Crippen molar-refractivity contribution in [3.63, 3.8) is 0 Å². The fourth-order valence-corrected chi connectivity index (χ4v) is 2.00. The standard InChI is InChI=1S/C18H18O3/c1-12-7-9-15(10-8-12)18(20)14(3)21-17-6-4-5-16(11-17)13(2)19/h4-11,14H,1-3H3. The van der Waals surface area contributed by atoms with Gasteiger partial charge in [0, 0.05) is 11.1 Å². The molecule has 0 saturated heterocycles. The van der Waals surface area contributed by atoms with Crippen LogP contribution in [0.3, 0.4) is 0 Å². The van der Waals surface area contributed by atoms with Crippen LogP contribution in [-0.2, 0) is 0 Å². The van der Waals surface area contributed by atoms with Crippen LogP contribution in [0.25, 0.3) is 0 Å². The summed E-state index contributed by atoms with van der Waals surface area (Å²) in [6.45, 7) is 5.18. The van der Waals surface area contributed by atoms with Crippen LogP contribution < -0.4 is 4.74 Å². The molecule has 0 radical (unpaired) electrons. The average Bonchev–Trinajstić information content (AvgIpc) is 2.47. The number of carbonyl (C=O) groups is 2. The van der Waals surface area contributed by atoms with E-state index in [1.165, 1.54) is 6.92 Å². The third-order valence-electron chi connectivity index (χ3n) is 3.26. The van der Waals surface area contributed by atoms with Gasteiger partial charge >= 0.3 is 0 Å². The highest BCUT2D eigenvalue weighted by Crippen LogP contribution is 2.17. The molecule has 2 aromatic carbocycles. The van der Waals surface area contributed by atoms with Crippen LogP contribution in [0.5, 0.6) is 5.75 Å². The second-order valence-corrected chi connectivity index (χ2v) is 5.07. The molecular weight excluding hydrogens is 264 g/mol. The predicted octanol–water partition coefficient (Wildman–Crippen LogP) is 3.85. The van der Waals surface area contributed by atoms with Gasteiger partial charge in [-0.2, -0.15) is 0 Å². The van der Waals surface area contributed by atoms with E-state index in [4.69, 9.17) is 4.74 Å². The van der Waals surface area contributed by atoms with Gasteiger partial charge in [-0.15, -0.1) is 0 Å². The molecule has 2 aromatic rings. The number of Topliss-reactive ketones (excluding diaryl/α,β-unsaturated/α-hetero) is 2. The van der Waals surface area contributed by atoms with Gasteiger partial charge in [0.25, 0.3) is 0 Å². The molecular formula is C18H18O3. The lowest BCUT2D eigenvalue weighted by Crippen LogP contribution is -2.24. The highest BCUT2D eigenvalue weighted by molar-refractivity contribution is 5.99. The number of ketones is 2. The van der Waals surface area contributed by atoms with Crippen molar-refractivity contribution in [1.29, 1.82) is 0 Å². The summed E-state index contributed by atoms with van der Waals surface area (Å²) in [6.07, 6.45) is -0.602. The molecule has 0 saturated carbocycles. The molecule has 3 nitrogen and oxygen atoms in total. The van der Waals surface area contributed by atoms with Crippen molar-refractivity contribution >= 4 is 11.6 Å². The van der Waals surface area contributed by atoms with Crippen LogP contribution >= 0.6 is 0 Å². The summed E-state index contributed by atoms with van der Waals surface area (Å²) in [5.74, 6) is 0.414. The molecule has 0 amide bonds. The van der Waals surface area contributed by atoms with E-state index in [9.17, 15) is 9.59 Å². The molecule has 0 aliphatic carbocycles. The SMILES string of the molecule is CC(=O)c1cccc(OC(C)C(=O)c2ccc(C)cc2)c1. The third kappa shape index (κ3) is 3.78. The van der Waals surface area contributed by atoms with Crippen LogP contribution in [0.15, 0.2) is 48.5 Å². The van der Waals surface area contributed by atoms with Crippen molar-refractivity contribution in [3.05, 3.63) is 65.2 Å². The lowest BCUT2D eigenvalue weighted by atomic mass is 10.1. The highest BCUT2D eigenvalue weighted by Gasteiger charge is 2.17. The molecule has 3 heteroatoms. The summed E-state index contributed by atoms with van der Waals surface area (Å²) in [5.41, 5.74) is 2.30. The van der Waals surface area contributed by atoms with Crippen LogP contribution in [0.2, 0.25) is 0 Å². The first-order valence-corrected chi connectivity index (χ1v) is 6.86. The molecule has 2 rings (SSSR count). The topological polar surface area (TPSA) is 43.4 Å². The van der Waals surface area contributed by atoms with Crippen molar-refractivity contribution in [3.8, 4) is 5.75 Å². The number of hydrogen-bond donors (Lipinski definition) is 0. The van der Waals surface area contributed by atoms with E-state index in [2.05, 4.69) is 0 Å². The maximum Gasteiger partial charge on any atom is 0.202 e. The first-order chi connectivity index (χ1) is 9.97. The molecule has 0 N–H and O–H groups in total. The fraction of sp³-hybridized carbons (Fsp3) is 0.222. The Kier molecular flexibility index (Phi) is 4.53. The first kappa shape index (κ1) is 15.0. The maximum absolute atomic E-state index is 12.3. The summed E-state index contributed by atoms with van der Waals surface area (Å²) < 4.78 is 5.65. The van der Waals surface area contributed by atoms with E-state index in [0.717, 1.165) is 5.56 Å². The zero-order chi connectivity index (χ0) is 15.4. The zero-order valence-electron chi connectivity index (χ0n) is 12.4. The Hall–Kier alpha value is -2.42. The molecule has 0 heterocycles. The van der Waals surface area contributed by atoms with Crippen LogP contribution in [0.4, 0.5) is 0 Å². The highest BCUT2D eigenvalue weighted by atomic mass is 16.5. The quantitative estimate of drug-likeness (QED) is 0.782. The Bertz CT molecular complexity index is 656. The number of hydrogen-bond acceptors (Lipinski definition) is 3. The Morgan fingerprint density at radius 3 is 2.29 bits per heavy atom. The lowest BCUT2D eigenvalue weighted by molar-refractivity contribution is 0.0818. The Morgan fingerprint density at radius 2 is 1.67 bits per heavy atom. The van der Waals surface area contributed by atoms with Gasteiger partial charge in [-0.25, -0.2) is 0 Å². The molecule has 0 aliphatic rings. The largest absolute Gasteiger partial charge is 0.483 e. The van der Waals surface area contributed by atoms with E-state index in [-0.39, 0.29) is 11.6 Å². The Labute approximate surface area is 124 Å². The molecule has 0 bridgehead atoms. The van der Waals surface area contributed by atoms with E-state index >= 15 is 0 Å². The van der Waals surface area contributed by atoms with Gasteiger partial charge in [-0.1, -0.05) is 42.0 Å². The molecule has 0 aliphatic heterocycles. The second kappa shape index (κ2) is 6.35. The number of ether oxygens (including phenoxy) is 1. The third-order valence-corrected chi connectivity index (χ3v) is 3.26. The van der Waals surface area contributed by atoms with Gasteiger partial charge in [-0.05, 0) is 32.9 Å². The van der Waals surface area contributed by atoms with Crippen LogP contribution in [0.1, 0.15) is 40.1 Å². The minimum Gasteiger partial charge on any atom is -0.483 e. The monoisotopic (exact) mass is 282 g/mol. The van der Waals surface area contributed by atoms with E-state index in [1.807, 2.05) is 19.1 Å². The summed E-state index contributed by atoms with van der Waals surface area (Å²) in [5, 5.41) is 0. The summed E-state index contributed by atoms with van der Waals surface area (Å²) >= 11 is 0. The maximum atomic E-state index is 12.3. The normalized spacial score (nSPS) is 11.8. The zero-order valence-corrected chi connectivity index (χ0v) is 12.4. The van der Waals surface area contributed by atoms with E-state index in [1.54, 1.807) is 43.3 Å². The van der Waals surface area contributed by atoms with Gasteiger partial charge < -0.3 is 4.74 Å².